The van der Waals surface area contributed by atoms with E-state index in [2.05, 4.69) is 15.0 Å². The fraction of sp³-hybridized carbons (Fsp3) is 0.455. The fourth-order valence-electron chi connectivity index (χ4n) is 6.68. The second kappa shape index (κ2) is 13.1. The number of fused-ring (bicyclic) bond motifs is 3. The van der Waals surface area contributed by atoms with E-state index in [1.54, 1.807) is 25.1 Å². The highest BCUT2D eigenvalue weighted by molar-refractivity contribution is 6.00. The van der Waals surface area contributed by atoms with Crippen LogP contribution in [0.1, 0.15) is 44.6 Å². The molecule has 0 saturated carbocycles. The summed E-state index contributed by atoms with van der Waals surface area (Å²) in [6.07, 6.45) is -2.49. The van der Waals surface area contributed by atoms with Crippen molar-refractivity contribution in [2.45, 2.75) is 63.3 Å². The lowest BCUT2D eigenvalue weighted by atomic mass is 9.93. The molecule has 0 unspecified atom stereocenters. The van der Waals surface area contributed by atoms with Gasteiger partial charge in [0, 0.05) is 31.1 Å². The Morgan fingerprint density at radius 1 is 1.13 bits per heavy atom. The Bertz CT molecular complexity index is 1810. The molecule has 0 amide bonds. The summed E-state index contributed by atoms with van der Waals surface area (Å²) in [6.45, 7) is 1.08. The van der Waals surface area contributed by atoms with E-state index in [9.17, 15) is 22.4 Å². The van der Waals surface area contributed by atoms with Crippen LogP contribution in [-0.2, 0) is 16.0 Å². The number of carbonyl (C=O) groups is 1. The van der Waals surface area contributed by atoms with Crippen LogP contribution in [0, 0.1) is 11.6 Å². The van der Waals surface area contributed by atoms with Crippen LogP contribution >= 0.6 is 0 Å². The molecule has 0 N–H and O–H groups in total. The molecular weight excluding hydrogens is 630 g/mol. The quantitative estimate of drug-likeness (QED) is 0.127. The van der Waals surface area contributed by atoms with Gasteiger partial charge < -0.3 is 14.2 Å². The number of hydrogen-bond donors (Lipinski definition) is 0. The number of aryl methyl sites for hydroxylation is 1. The molecule has 250 valence electrons. The van der Waals surface area contributed by atoms with Gasteiger partial charge >= 0.3 is 18.2 Å². The lowest BCUT2D eigenvalue weighted by Gasteiger charge is -2.30. The molecule has 2 aromatic carbocycles. The first-order valence-corrected chi connectivity index (χ1v) is 15.4. The van der Waals surface area contributed by atoms with E-state index in [-0.39, 0.29) is 67.6 Å². The van der Waals surface area contributed by atoms with Gasteiger partial charge in [-0.15, -0.1) is 0 Å². The Hall–Kier alpha value is -4.20. The SMILES string of the molecule is CCOC(=O)CCCc1c(F)ccc2cccc(-c3ncc4c(OCC(F)(F)F)nc(OC[C@@]56CCCN5C[C@H](F)C6)nc4c3F)c12. The summed E-state index contributed by atoms with van der Waals surface area (Å²) < 4.78 is 101. The van der Waals surface area contributed by atoms with Crippen LogP contribution in [-0.4, -0.2) is 76.6 Å². The number of rotatable bonds is 11. The van der Waals surface area contributed by atoms with Gasteiger partial charge in [0.15, 0.2) is 12.4 Å². The predicted octanol–water partition coefficient (Wildman–Crippen LogP) is 6.91. The first kappa shape index (κ1) is 32.7. The molecule has 2 saturated heterocycles. The third-order valence-corrected chi connectivity index (χ3v) is 8.70. The van der Waals surface area contributed by atoms with Crippen molar-refractivity contribution < 1.29 is 45.3 Å². The summed E-state index contributed by atoms with van der Waals surface area (Å²) in [5, 5.41) is 0.721. The van der Waals surface area contributed by atoms with Crippen LogP contribution in [0.4, 0.5) is 26.3 Å². The number of halogens is 6. The summed E-state index contributed by atoms with van der Waals surface area (Å²) in [5.41, 5.74) is -0.809. The van der Waals surface area contributed by atoms with Gasteiger partial charge in [-0.3, -0.25) is 14.7 Å². The highest BCUT2D eigenvalue weighted by Gasteiger charge is 2.49. The summed E-state index contributed by atoms with van der Waals surface area (Å²) in [6, 6.07) is 7.31. The highest BCUT2D eigenvalue weighted by Crippen LogP contribution is 2.41. The lowest BCUT2D eigenvalue weighted by molar-refractivity contribution is -0.153. The minimum Gasteiger partial charge on any atom is -0.467 e. The average molecular weight is 663 g/mol. The van der Waals surface area contributed by atoms with Gasteiger partial charge in [0.2, 0.25) is 5.88 Å². The van der Waals surface area contributed by atoms with Gasteiger partial charge in [-0.1, -0.05) is 24.3 Å². The number of hydrogen-bond acceptors (Lipinski definition) is 8. The highest BCUT2D eigenvalue weighted by atomic mass is 19.4. The van der Waals surface area contributed by atoms with Crippen molar-refractivity contribution in [2.75, 3.05) is 32.9 Å². The third-order valence-electron chi connectivity index (χ3n) is 8.70. The van der Waals surface area contributed by atoms with Gasteiger partial charge in [-0.05, 0) is 61.6 Å². The molecule has 6 rings (SSSR count). The second-order valence-corrected chi connectivity index (χ2v) is 11.9. The molecular formula is C33H32F6N4O4. The molecule has 2 atom stereocenters. The molecule has 2 fully saturated rings. The number of benzene rings is 2. The van der Waals surface area contributed by atoms with Gasteiger partial charge in [0.1, 0.15) is 29.8 Å². The van der Waals surface area contributed by atoms with Crippen molar-refractivity contribution in [3.63, 3.8) is 0 Å². The number of pyridine rings is 1. The zero-order chi connectivity index (χ0) is 33.3. The molecule has 4 aromatic rings. The standard InChI is InChI=1S/C33H32F6N4O4/c1-2-45-25(44)9-4-7-21-24(35)11-10-19-6-3-8-22(26(19)21)28-27(36)29-23(15-40-28)30(46-18-33(37,38)39)42-31(41-29)47-17-32-12-5-13-43(32)16-20(34)14-32/h3,6,8,10-11,15,20H,2,4-5,7,9,12-14,16-18H2,1H3/t20-,32+/m1/s1. The summed E-state index contributed by atoms with van der Waals surface area (Å²) in [4.78, 5) is 26.3. The lowest BCUT2D eigenvalue weighted by Crippen LogP contribution is -2.43. The van der Waals surface area contributed by atoms with E-state index >= 15 is 8.78 Å². The van der Waals surface area contributed by atoms with Crippen LogP contribution < -0.4 is 9.47 Å². The van der Waals surface area contributed by atoms with Crippen molar-refractivity contribution in [2.24, 2.45) is 0 Å². The Balaban J connectivity index is 1.41. The van der Waals surface area contributed by atoms with Crippen molar-refractivity contribution in [1.29, 1.82) is 0 Å². The van der Waals surface area contributed by atoms with E-state index in [1.807, 2.05) is 4.90 Å². The molecule has 2 aliphatic heterocycles. The smallest absolute Gasteiger partial charge is 0.422 e. The zero-order valence-electron chi connectivity index (χ0n) is 25.5. The number of nitrogens with zero attached hydrogens (tertiary/aromatic N) is 4. The van der Waals surface area contributed by atoms with E-state index in [0.717, 1.165) is 12.6 Å². The van der Waals surface area contributed by atoms with Crippen molar-refractivity contribution >= 4 is 27.6 Å². The minimum absolute atomic E-state index is 0.0467. The van der Waals surface area contributed by atoms with Crippen LogP contribution in [0.15, 0.2) is 36.5 Å². The van der Waals surface area contributed by atoms with Crippen LogP contribution in [0.3, 0.4) is 0 Å². The van der Waals surface area contributed by atoms with Gasteiger partial charge in [0.05, 0.1) is 17.5 Å². The first-order chi connectivity index (χ1) is 22.5. The Morgan fingerprint density at radius 3 is 2.74 bits per heavy atom. The molecule has 2 aliphatic rings. The minimum atomic E-state index is -4.72. The Morgan fingerprint density at radius 2 is 1.96 bits per heavy atom. The molecule has 0 aliphatic carbocycles. The molecule has 0 bridgehead atoms. The maximum atomic E-state index is 16.5. The van der Waals surface area contributed by atoms with E-state index < -0.39 is 59.5 Å². The van der Waals surface area contributed by atoms with E-state index in [4.69, 9.17) is 14.2 Å². The molecule has 0 spiro atoms. The Labute approximate surface area is 266 Å². The molecule has 47 heavy (non-hydrogen) atoms. The van der Waals surface area contributed by atoms with Gasteiger partial charge in [-0.2, -0.15) is 23.1 Å². The normalized spacial score (nSPS) is 19.8. The molecule has 2 aromatic heterocycles. The average Bonchev–Trinajstić information content (AvgIpc) is 3.55. The van der Waals surface area contributed by atoms with Crippen molar-refractivity contribution in [3.05, 3.63) is 53.7 Å². The van der Waals surface area contributed by atoms with Crippen molar-refractivity contribution in [3.8, 4) is 23.1 Å². The Kier molecular flexibility index (Phi) is 9.14. The second-order valence-electron chi connectivity index (χ2n) is 11.9. The predicted molar refractivity (Wildman–Crippen MR) is 160 cm³/mol. The van der Waals surface area contributed by atoms with Gasteiger partial charge in [-0.25, -0.2) is 13.2 Å². The number of alkyl halides is 4. The largest absolute Gasteiger partial charge is 0.467 e. The van der Waals surface area contributed by atoms with Crippen LogP contribution in [0.2, 0.25) is 0 Å². The third kappa shape index (κ3) is 6.78. The molecule has 14 heteroatoms. The first-order valence-electron chi connectivity index (χ1n) is 15.4. The molecule has 0 radical (unpaired) electrons. The number of carbonyl (C=O) groups excluding carboxylic acids is 1. The van der Waals surface area contributed by atoms with Crippen LogP contribution in [0.25, 0.3) is 32.9 Å². The maximum absolute atomic E-state index is 16.5. The number of ether oxygens (including phenoxy) is 3. The fourth-order valence-corrected chi connectivity index (χ4v) is 6.68. The van der Waals surface area contributed by atoms with Crippen molar-refractivity contribution in [1.82, 2.24) is 19.9 Å². The summed E-state index contributed by atoms with van der Waals surface area (Å²) in [5.74, 6) is -2.57. The molecule has 8 nitrogen and oxygen atoms in total. The maximum Gasteiger partial charge on any atom is 0.422 e. The van der Waals surface area contributed by atoms with Gasteiger partial charge in [0.25, 0.3) is 0 Å². The number of esters is 1. The zero-order valence-corrected chi connectivity index (χ0v) is 25.5. The summed E-state index contributed by atoms with van der Waals surface area (Å²) >= 11 is 0. The van der Waals surface area contributed by atoms with Crippen LogP contribution in [0.5, 0.6) is 11.9 Å². The number of aromatic nitrogens is 3. The molecule has 4 heterocycles. The van der Waals surface area contributed by atoms with E-state index in [0.29, 0.717) is 23.7 Å². The topological polar surface area (TPSA) is 86.7 Å². The van der Waals surface area contributed by atoms with E-state index in [1.165, 1.54) is 12.1 Å². The monoisotopic (exact) mass is 662 g/mol. The summed E-state index contributed by atoms with van der Waals surface area (Å²) in [7, 11) is 0.